The molecule has 180 valence electrons. The molecule has 0 saturated carbocycles. The minimum absolute atomic E-state index is 0.0927. The third kappa shape index (κ3) is 6.01. The Balaban J connectivity index is 1.90. The molecular formula is C24H20ClN3O6S. The van der Waals surface area contributed by atoms with Crippen molar-refractivity contribution in [2.24, 2.45) is 5.92 Å². The molecule has 11 heteroatoms. The fourth-order valence-electron chi connectivity index (χ4n) is 3.49. The molecule has 0 radical (unpaired) electrons. The van der Waals surface area contributed by atoms with Gasteiger partial charge in [-0.3, -0.25) is 14.4 Å². The van der Waals surface area contributed by atoms with Crippen LogP contribution in [0.2, 0.25) is 5.02 Å². The van der Waals surface area contributed by atoms with Crippen LogP contribution in [0.25, 0.3) is 0 Å². The number of carbonyl (C=O) groups is 4. The first kappa shape index (κ1) is 25.8. The van der Waals surface area contributed by atoms with Crippen molar-refractivity contribution in [2.75, 3.05) is 25.3 Å². The van der Waals surface area contributed by atoms with Crippen LogP contribution in [0.3, 0.4) is 0 Å². The molecule has 0 unspecified atom stereocenters. The summed E-state index contributed by atoms with van der Waals surface area (Å²) in [7, 11) is 2.40. The lowest BCUT2D eigenvalue weighted by atomic mass is 9.78. The van der Waals surface area contributed by atoms with E-state index < -0.39 is 29.7 Å². The SMILES string of the molecule is COC(=O)c1ccc([C@@H]2C(C#N)=C(SCC(=O)Nc3ccc(Cl)cc3)NC(=O)[C@H]2C(=O)OC)cc1. The van der Waals surface area contributed by atoms with Gasteiger partial charge in [-0.05, 0) is 42.0 Å². The van der Waals surface area contributed by atoms with E-state index in [2.05, 4.69) is 16.7 Å². The lowest BCUT2D eigenvalue weighted by Gasteiger charge is -2.31. The number of carbonyl (C=O) groups excluding carboxylic acids is 4. The molecule has 0 bridgehead atoms. The van der Waals surface area contributed by atoms with Crippen molar-refractivity contribution < 1.29 is 28.7 Å². The Morgan fingerprint density at radius 1 is 1.09 bits per heavy atom. The molecule has 2 amide bonds. The average Bonchev–Trinajstić information content (AvgIpc) is 2.87. The highest BCUT2D eigenvalue weighted by molar-refractivity contribution is 8.03. The van der Waals surface area contributed by atoms with Gasteiger partial charge in [-0.2, -0.15) is 5.26 Å². The van der Waals surface area contributed by atoms with E-state index in [0.29, 0.717) is 16.3 Å². The van der Waals surface area contributed by atoms with E-state index in [1.165, 1.54) is 19.2 Å². The number of halogens is 1. The summed E-state index contributed by atoms with van der Waals surface area (Å²) in [5, 5.41) is 15.9. The van der Waals surface area contributed by atoms with Crippen molar-refractivity contribution in [3.05, 3.63) is 75.3 Å². The van der Waals surface area contributed by atoms with E-state index >= 15 is 0 Å². The van der Waals surface area contributed by atoms with Crippen LogP contribution in [0, 0.1) is 17.2 Å². The number of nitrogens with zero attached hydrogens (tertiary/aromatic N) is 1. The number of benzene rings is 2. The molecule has 2 aromatic rings. The fraction of sp³-hybridized carbons (Fsp3) is 0.208. The number of ether oxygens (including phenoxy) is 2. The second-order valence-electron chi connectivity index (χ2n) is 7.28. The Hall–Kier alpha value is -3.81. The standard InChI is InChI=1S/C24H20ClN3O6S/c1-33-23(31)14-5-3-13(4-6-14)19-17(11-26)22(28-21(30)20(19)24(32)34-2)35-12-18(29)27-16-9-7-15(25)8-10-16/h3-10,19-20H,12H2,1-2H3,(H,27,29)(H,28,30)/t19-,20+/m1/s1. The summed E-state index contributed by atoms with van der Waals surface area (Å²) in [4.78, 5) is 49.5. The molecule has 9 nitrogen and oxygen atoms in total. The number of rotatable bonds is 7. The van der Waals surface area contributed by atoms with Crippen molar-refractivity contribution in [3.63, 3.8) is 0 Å². The van der Waals surface area contributed by atoms with Crippen molar-refractivity contribution in [1.29, 1.82) is 5.26 Å². The Morgan fingerprint density at radius 2 is 1.74 bits per heavy atom. The topological polar surface area (TPSA) is 135 Å². The van der Waals surface area contributed by atoms with Crippen molar-refractivity contribution in [2.45, 2.75) is 5.92 Å². The number of nitrogens with one attached hydrogen (secondary N) is 2. The summed E-state index contributed by atoms with van der Waals surface area (Å²) in [5.41, 5.74) is 1.34. The highest BCUT2D eigenvalue weighted by Gasteiger charge is 2.44. The number of thioether (sulfide) groups is 1. The van der Waals surface area contributed by atoms with Crippen molar-refractivity contribution >= 4 is 52.8 Å². The second kappa shape index (κ2) is 11.6. The Kier molecular flexibility index (Phi) is 8.52. The number of hydrogen-bond donors (Lipinski definition) is 2. The molecule has 2 atom stereocenters. The Labute approximate surface area is 210 Å². The predicted molar refractivity (Wildman–Crippen MR) is 129 cm³/mol. The maximum atomic E-state index is 12.9. The van der Waals surface area contributed by atoms with Gasteiger partial charge in [0.2, 0.25) is 11.8 Å². The molecule has 1 heterocycles. The number of anilines is 1. The zero-order valence-electron chi connectivity index (χ0n) is 18.7. The van der Waals surface area contributed by atoms with Crippen LogP contribution >= 0.6 is 23.4 Å². The molecule has 0 fully saturated rings. The molecule has 35 heavy (non-hydrogen) atoms. The number of esters is 2. The molecule has 3 rings (SSSR count). The van der Waals surface area contributed by atoms with E-state index in [9.17, 15) is 24.4 Å². The van der Waals surface area contributed by atoms with Gasteiger partial charge >= 0.3 is 11.9 Å². The van der Waals surface area contributed by atoms with Gasteiger partial charge in [0.25, 0.3) is 0 Å². The van der Waals surface area contributed by atoms with E-state index in [1.54, 1.807) is 36.4 Å². The minimum Gasteiger partial charge on any atom is -0.468 e. The zero-order valence-corrected chi connectivity index (χ0v) is 20.2. The number of methoxy groups -OCH3 is 2. The summed E-state index contributed by atoms with van der Waals surface area (Å²) in [6.45, 7) is 0. The molecule has 1 aliphatic rings. The van der Waals surface area contributed by atoms with Crippen LogP contribution in [-0.2, 0) is 23.9 Å². The second-order valence-corrected chi connectivity index (χ2v) is 8.70. The highest BCUT2D eigenvalue weighted by atomic mass is 35.5. The Bertz CT molecular complexity index is 1220. The molecule has 0 aliphatic carbocycles. The lowest BCUT2D eigenvalue weighted by Crippen LogP contribution is -2.44. The summed E-state index contributed by atoms with van der Waals surface area (Å²) >= 11 is 6.80. The molecule has 0 aromatic heterocycles. The maximum absolute atomic E-state index is 12.9. The van der Waals surface area contributed by atoms with Gasteiger partial charge in [-0.25, -0.2) is 4.79 Å². The van der Waals surface area contributed by atoms with Gasteiger partial charge in [0, 0.05) is 16.6 Å². The van der Waals surface area contributed by atoms with E-state index in [4.69, 9.17) is 21.1 Å². The molecule has 0 saturated heterocycles. The summed E-state index contributed by atoms with van der Waals surface area (Å²) < 4.78 is 9.50. The van der Waals surface area contributed by atoms with Crippen LogP contribution < -0.4 is 10.6 Å². The van der Waals surface area contributed by atoms with E-state index in [0.717, 1.165) is 18.9 Å². The summed E-state index contributed by atoms with van der Waals surface area (Å²) in [6.07, 6.45) is 0. The minimum atomic E-state index is -1.33. The maximum Gasteiger partial charge on any atom is 0.337 e. The smallest absolute Gasteiger partial charge is 0.337 e. The first-order valence-corrected chi connectivity index (χ1v) is 11.5. The third-order valence-corrected chi connectivity index (χ3v) is 6.42. The predicted octanol–water partition coefficient (Wildman–Crippen LogP) is 3.24. The molecule has 0 spiro atoms. The third-order valence-electron chi connectivity index (χ3n) is 5.15. The summed E-state index contributed by atoms with van der Waals surface area (Å²) in [5.74, 6) is -4.83. The van der Waals surface area contributed by atoms with Crippen LogP contribution in [0.4, 0.5) is 5.69 Å². The van der Waals surface area contributed by atoms with Gasteiger partial charge in [0.05, 0.1) is 42.2 Å². The number of hydrogen-bond acceptors (Lipinski definition) is 8. The van der Waals surface area contributed by atoms with Gasteiger partial charge in [0.1, 0.15) is 5.92 Å². The van der Waals surface area contributed by atoms with Crippen molar-refractivity contribution in [1.82, 2.24) is 5.32 Å². The first-order valence-electron chi connectivity index (χ1n) is 10.2. The van der Waals surface area contributed by atoms with Gasteiger partial charge in [-0.1, -0.05) is 35.5 Å². The quantitative estimate of drug-likeness (QED) is 0.425. The van der Waals surface area contributed by atoms with Crippen LogP contribution in [0.15, 0.2) is 59.1 Å². The Morgan fingerprint density at radius 3 is 2.31 bits per heavy atom. The van der Waals surface area contributed by atoms with Crippen LogP contribution in [-0.4, -0.2) is 43.7 Å². The van der Waals surface area contributed by atoms with Gasteiger partial charge in [-0.15, -0.1) is 0 Å². The largest absolute Gasteiger partial charge is 0.468 e. The number of nitriles is 1. The first-order chi connectivity index (χ1) is 16.8. The van der Waals surface area contributed by atoms with Crippen molar-refractivity contribution in [3.8, 4) is 6.07 Å². The van der Waals surface area contributed by atoms with Crippen LogP contribution in [0.1, 0.15) is 21.8 Å². The fourth-order valence-corrected chi connectivity index (χ4v) is 4.47. The molecular weight excluding hydrogens is 494 g/mol. The summed E-state index contributed by atoms with van der Waals surface area (Å²) in [6, 6.07) is 14.6. The van der Waals surface area contributed by atoms with E-state index in [-0.39, 0.29) is 27.8 Å². The van der Waals surface area contributed by atoms with Crippen LogP contribution in [0.5, 0.6) is 0 Å². The molecule has 1 aliphatic heterocycles. The molecule has 2 N–H and O–H groups in total. The normalized spacial score (nSPS) is 17.1. The average molecular weight is 514 g/mol. The highest BCUT2D eigenvalue weighted by Crippen LogP contribution is 2.40. The van der Waals surface area contributed by atoms with E-state index in [1.807, 2.05) is 0 Å². The number of amides is 2. The number of allylic oxidation sites excluding steroid dienone is 1. The zero-order chi connectivity index (χ0) is 25.5. The van der Waals surface area contributed by atoms with Gasteiger partial charge < -0.3 is 20.1 Å². The lowest BCUT2D eigenvalue weighted by molar-refractivity contribution is -0.150. The van der Waals surface area contributed by atoms with Gasteiger partial charge in [0.15, 0.2) is 0 Å². The monoisotopic (exact) mass is 513 g/mol. The molecule has 2 aromatic carbocycles.